The molecule has 0 aliphatic heterocycles. The van der Waals surface area contributed by atoms with Crippen LogP contribution in [0.5, 0.6) is 11.5 Å². The van der Waals surface area contributed by atoms with Crippen LogP contribution < -0.4 is 14.8 Å². The van der Waals surface area contributed by atoms with Crippen molar-refractivity contribution in [3.8, 4) is 11.5 Å². The van der Waals surface area contributed by atoms with E-state index in [-0.39, 0.29) is 18.0 Å². The molecule has 0 spiro atoms. The van der Waals surface area contributed by atoms with Gasteiger partial charge in [-0.05, 0) is 49.2 Å². The number of amides is 1. The molecule has 0 saturated heterocycles. The zero-order chi connectivity index (χ0) is 27.6. The Kier molecular flexibility index (Phi) is 7.65. The lowest BCUT2D eigenvalue weighted by Crippen LogP contribution is -2.14. The van der Waals surface area contributed by atoms with Gasteiger partial charge in [-0.1, -0.05) is 12.1 Å². The largest absolute Gasteiger partial charge is 0.496 e. The van der Waals surface area contributed by atoms with Gasteiger partial charge in [-0.3, -0.25) is 9.48 Å². The summed E-state index contributed by atoms with van der Waals surface area (Å²) in [5, 5.41) is 6.48. The Balaban J connectivity index is 1.49. The van der Waals surface area contributed by atoms with E-state index in [1.807, 2.05) is 32.0 Å². The van der Waals surface area contributed by atoms with E-state index in [1.165, 1.54) is 25.4 Å². The Hall–Kier alpha value is -4.41. The first-order valence-corrected chi connectivity index (χ1v) is 11.3. The predicted molar refractivity (Wildman–Crippen MR) is 129 cm³/mol. The minimum atomic E-state index is -2.24. The maximum Gasteiger partial charge on any atom is 0.256 e. The number of carbonyl (C=O) groups excluding carboxylic acids is 1. The fourth-order valence-corrected chi connectivity index (χ4v) is 3.71. The second-order valence-electron chi connectivity index (χ2n) is 8.49. The zero-order valence-electron chi connectivity index (χ0n) is 20.5. The highest BCUT2D eigenvalue weighted by molar-refractivity contribution is 6.04. The average Bonchev–Trinajstić information content (AvgIpc) is 3.35. The van der Waals surface area contributed by atoms with E-state index in [0.29, 0.717) is 17.1 Å². The molecular weight excluding hydrogens is 509 g/mol. The van der Waals surface area contributed by atoms with Crippen LogP contribution in [0.15, 0.2) is 48.7 Å². The molecule has 1 N–H and O–H groups in total. The highest BCUT2D eigenvalue weighted by Crippen LogP contribution is 2.26. The quantitative estimate of drug-likeness (QED) is 0.170. The standard InChI is InChI=1S/C27H22F5N3O3/c1-14-4-5-15(2)20(10-14)38-13-17-11-16(6-7-19(17)37-3)27(36)33-21-8-9-35(34-21)12-18-22(28)24(30)26(32)25(31)23(18)29/h4-11H,12-13H2,1-3H3,(H,33,34,36). The van der Waals surface area contributed by atoms with Crippen LogP contribution in [0.1, 0.15) is 32.6 Å². The van der Waals surface area contributed by atoms with Gasteiger partial charge in [0.1, 0.15) is 18.1 Å². The maximum atomic E-state index is 14.0. The first-order valence-electron chi connectivity index (χ1n) is 11.3. The van der Waals surface area contributed by atoms with E-state index >= 15 is 0 Å². The minimum absolute atomic E-state index is 0.00266. The molecule has 0 radical (unpaired) electrons. The Bertz CT molecular complexity index is 1490. The molecule has 198 valence electrons. The van der Waals surface area contributed by atoms with E-state index in [0.717, 1.165) is 15.8 Å². The lowest BCUT2D eigenvalue weighted by Gasteiger charge is -2.14. The van der Waals surface area contributed by atoms with Crippen molar-refractivity contribution in [2.45, 2.75) is 27.0 Å². The summed E-state index contributed by atoms with van der Waals surface area (Å²) in [5.74, 6) is -9.57. The van der Waals surface area contributed by atoms with Gasteiger partial charge in [0.25, 0.3) is 5.91 Å². The lowest BCUT2D eigenvalue weighted by molar-refractivity contribution is 0.102. The van der Waals surface area contributed by atoms with Gasteiger partial charge in [-0.25, -0.2) is 22.0 Å². The molecule has 1 heterocycles. The number of aryl methyl sites for hydroxylation is 2. The predicted octanol–water partition coefficient (Wildman–Crippen LogP) is 6.08. The Labute approximate surface area is 214 Å². The van der Waals surface area contributed by atoms with Crippen LogP contribution in [-0.4, -0.2) is 22.8 Å². The van der Waals surface area contributed by atoms with Gasteiger partial charge in [0.15, 0.2) is 29.1 Å². The van der Waals surface area contributed by atoms with Crippen LogP contribution in [0.4, 0.5) is 27.8 Å². The summed E-state index contributed by atoms with van der Waals surface area (Å²) in [6.45, 7) is 3.25. The van der Waals surface area contributed by atoms with Crippen molar-refractivity contribution in [1.82, 2.24) is 9.78 Å². The van der Waals surface area contributed by atoms with Crippen LogP contribution in [0.3, 0.4) is 0 Å². The molecule has 38 heavy (non-hydrogen) atoms. The monoisotopic (exact) mass is 531 g/mol. The highest BCUT2D eigenvalue weighted by Gasteiger charge is 2.26. The van der Waals surface area contributed by atoms with E-state index in [2.05, 4.69) is 10.4 Å². The molecule has 0 saturated carbocycles. The number of carbonyl (C=O) groups is 1. The van der Waals surface area contributed by atoms with Crippen LogP contribution in [0, 0.1) is 42.9 Å². The Morgan fingerprint density at radius 3 is 2.26 bits per heavy atom. The summed E-state index contributed by atoms with van der Waals surface area (Å²) in [6, 6.07) is 11.9. The number of hydrogen-bond acceptors (Lipinski definition) is 4. The average molecular weight is 531 g/mol. The normalized spacial score (nSPS) is 10.9. The molecule has 3 aromatic carbocycles. The number of nitrogens with zero attached hydrogens (tertiary/aromatic N) is 2. The molecule has 1 aromatic heterocycles. The number of anilines is 1. The van der Waals surface area contributed by atoms with Crippen LogP contribution in [0.2, 0.25) is 0 Å². The van der Waals surface area contributed by atoms with Gasteiger partial charge >= 0.3 is 0 Å². The van der Waals surface area contributed by atoms with Gasteiger partial charge in [-0.15, -0.1) is 0 Å². The van der Waals surface area contributed by atoms with E-state index < -0.39 is 47.1 Å². The molecule has 1 amide bonds. The number of aromatic nitrogens is 2. The molecule has 0 atom stereocenters. The van der Waals surface area contributed by atoms with Crippen molar-refractivity contribution < 1.29 is 36.2 Å². The van der Waals surface area contributed by atoms with Gasteiger partial charge < -0.3 is 14.8 Å². The van der Waals surface area contributed by atoms with Crippen LogP contribution in [0.25, 0.3) is 0 Å². The summed E-state index contributed by atoms with van der Waals surface area (Å²) >= 11 is 0. The molecule has 0 aliphatic rings. The summed E-state index contributed by atoms with van der Waals surface area (Å²) in [7, 11) is 1.49. The maximum absolute atomic E-state index is 14.0. The van der Waals surface area contributed by atoms with Crippen molar-refractivity contribution >= 4 is 11.7 Å². The summed E-state index contributed by atoms with van der Waals surface area (Å²) in [5.41, 5.74) is 1.79. The zero-order valence-corrected chi connectivity index (χ0v) is 20.5. The summed E-state index contributed by atoms with van der Waals surface area (Å²) in [4.78, 5) is 12.8. The molecule has 0 unspecified atom stereocenters. The third-order valence-corrected chi connectivity index (χ3v) is 5.77. The van der Waals surface area contributed by atoms with Crippen molar-refractivity contribution in [2.75, 3.05) is 12.4 Å². The molecular formula is C27H22F5N3O3. The Morgan fingerprint density at radius 2 is 1.58 bits per heavy atom. The first-order chi connectivity index (χ1) is 18.1. The molecule has 4 aromatic rings. The molecule has 11 heteroatoms. The number of benzene rings is 3. The highest BCUT2D eigenvalue weighted by atomic mass is 19.2. The number of rotatable bonds is 8. The van der Waals surface area contributed by atoms with Crippen LogP contribution >= 0.6 is 0 Å². The third kappa shape index (κ3) is 5.46. The van der Waals surface area contributed by atoms with Crippen molar-refractivity contribution in [3.05, 3.63) is 106 Å². The smallest absolute Gasteiger partial charge is 0.256 e. The number of hydrogen-bond donors (Lipinski definition) is 1. The van der Waals surface area contributed by atoms with Crippen molar-refractivity contribution in [1.29, 1.82) is 0 Å². The summed E-state index contributed by atoms with van der Waals surface area (Å²) < 4.78 is 80.5. The second-order valence-corrected chi connectivity index (χ2v) is 8.49. The van der Waals surface area contributed by atoms with Gasteiger partial charge in [0, 0.05) is 23.4 Å². The fourth-order valence-electron chi connectivity index (χ4n) is 3.71. The second kappa shape index (κ2) is 10.9. The number of nitrogens with one attached hydrogen (secondary N) is 1. The summed E-state index contributed by atoms with van der Waals surface area (Å²) in [6.07, 6.45) is 1.23. The van der Waals surface area contributed by atoms with Crippen molar-refractivity contribution in [2.24, 2.45) is 0 Å². The van der Waals surface area contributed by atoms with Gasteiger partial charge in [0.2, 0.25) is 5.82 Å². The van der Waals surface area contributed by atoms with Crippen LogP contribution in [-0.2, 0) is 13.2 Å². The first kappa shape index (κ1) is 26.6. The molecule has 0 bridgehead atoms. The van der Waals surface area contributed by atoms with E-state index in [9.17, 15) is 26.7 Å². The number of ether oxygens (including phenoxy) is 2. The van der Waals surface area contributed by atoms with E-state index in [1.54, 1.807) is 12.1 Å². The molecule has 0 aliphatic carbocycles. The number of halogens is 5. The third-order valence-electron chi connectivity index (χ3n) is 5.77. The fraction of sp³-hybridized carbons (Fsp3) is 0.185. The molecule has 4 rings (SSSR count). The Morgan fingerprint density at radius 1 is 0.895 bits per heavy atom. The van der Waals surface area contributed by atoms with Crippen molar-refractivity contribution in [3.63, 3.8) is 0 Å². The van der Waals surface area contributed by atoms with E-state index in [4.69, 9.17) is 9.47 Å². The minimum Gasteiger partial charge on any atom is -0.496 e. The van der Waals surface area contributed by atoms with Gasteiger partial charge in [-0.2, -0.15) is 5.10 Å². The molecule has 6 nitrogen and oxygen atoms in total. The number of methoxy groups -OCH3 is 1. The van der Waals surface area contributed by atoms with Gasteiger partial charge in [0.05, 0.1) is 19.2 Å². The lowest BCUT2D eigenvalue weighted by atomic mass is 10.1. The molecule has 0 fully saturated rings. The topological polar surface area (TPSA) is 65.4 Å². The SMILES string of the molecule is COc1ccc(C(=O)Nc2ccn(Cc3c(F)c(F)c(F)c(F)c3F)n2)cc1COc1cc(C)ccc1C.